The standard InChI is InChI=1S/C16H15ClF3N/c1-2-21-10-13-8-12(6-7-15(13)17)11-4-3-5-14(9-11)16(18,19)20/h3-9,21H,2,10H2,1H3. The highest BCUT2D eigenvalue weighted by Crippen LogP contribution is 2.33. The molecule has 0 aromatic heterocycles. The van der Waals surface area contributed by atoms with Crippen LogP contribution < -0.4 is 5.32 Å². The minimum absolute atomic E-state index is 0.527. The third-order valence-corrected chi connectivity index (χ3v) is 3.50. The normalized spacial score (nSPS) is 11.7. The zero-order valence-corrected chi connectivity index (χ0v) is 12.2. The lowest BCUT2D eigenvalue weighted by molar-refractivity contribution is -0.137. The van der Waals surface area contributed by atoms with E-state index in [0.29, 0.717) is 17.1 Å². The summed E-state index contributed by atoms with van der Waals surface area (Å²) in [5.41, 5.74) is 1.47. The summed E-state index contributed by atoms with van der Waals surface area (Å²) in [5, 5.41) is 3.76. The van der Waals surface area contributed by atoms with Gasteiger partial charge in [0.25, 0.3) is 0 Å². The number of nitrogens with one attached hydrogen (secondary N) is 1. The Labute approximate surface area is 126 Å². The quantitative estimate of drug-likeness (QED) is 0.824. The van der Waals surface area contributed by atoms with Gasteiger partial charge in [0.05, 0.1) is 5.56 Å². The van der Waals surface area contributed by atoms with Gasteiger partial charge in [-0.3, -0.25) is 0 Å². The summed E-state index contributed by atoms with van der Waals surface area (Å²) in [4.78, 5) is 0. The Morgan fingerprint density at radius 1 is 1.05 bits per heavy atom. The van der Waals surface area contributed by atoms with Crippen molar-refractivity contribution in [1.29, 1.82) is 0 Å². The number of hydrogen-bond donors (Lipinski definition) is 1. The van der Waals surface area contributed by atoms with Crippen LogP contribution in [0.3, 0.4) is 0 Å². The monoisotopic (exact) mass is 313 g/mol. The summed E-state index contributed by atoms with van der Waals surface area (Å²) < 4.78 is 38.3. The van der Waals surface area contributed by atoms with Gasteiger partial charge in [0.15, 0.2) is 0 Å². The first kappa shape index (κ1) is 15.9. The Hall–Kier alpha value is -1.52. The highest BCUT2D eigenvalue weighted by Gasteiger charge is 2.30. The second-order valence-corrected chi connectivity index (χ2v) is 5.07. The Bertz CT molecular complexity index is 623. The van der Waals surface area contributed by atoms with Gasteiger partial charge in [-0.2, -0.15) is 13.2 Å². The maximum Gasteiger partial charge on any atom is 0.416 e. The van der Waals surface area contributed by atoms with E-state index >= 15 is 0 Å². The lowest BCUT2D eigenvalue weighted by atomic mass is 10.0. The maximum absolute atomic E-state index is 12.8. The van der Waals surface area contributed by atoms with Gasteiger partial charge in [-0.1, -0.05) is 36.7 Å². The average molecular weight is 314 g/mol. The molecule has 2 aromatic carbocycles. The first-order valence-electron chi connectivity index (χ1n) is 6.58. The van der Waals surface area contributed by atoms with Gasteiger partial charge in [-0.05, 0) is 47.5 Å². The lowest BCUT2D eigenvalue weighted by Crippen LogP contribution is -2.12. The van der Waals surface area contributed by atoms with E-state index in [-0.39, 0.29) is 0 Å². The molecule has 0 bridgehead atoms. The van der Waals surface area contributed by atoms with E-state index in [2.05, 4.69) is 5.32 Å². The Balaban J connectivity index is 2.38. The van der Waals surface area contributed by atoms with Gasteiger partial charge < -0.3 is 5.32 Å². The summed E-state index contributed by atoms with van der Waals surface area (Å²) in [6.07, 6.45) is -4.34. The third-order valence-electron chi connectivity index (χ3n) is 3.13. The van der Waals surface area contributed by atoms with Crippen molar-refractivity contribution in [2.24, 2.45) is 0 Å². The molecule has 0 amide bonds. The van der Waals surface area contributed by atoms with Crippen molar-refractivity contribution in [3.8, 4) is 11.1 Å². The Morgan fingerprint density at radius 2 is 1.76 bits per heavy atom. The number of benzene rings is 2. The molecule has 1 N–H and O–H groups in total. The second-order valence-electron chi connectivity index (χ2n) is 4.67. The molecule has 5 heteroatoms. The largest absolute Gasteiger partial charge is 0.416 e. The molecule has 0 radical (unpaired) electrons. The molecule has 0 heterocycles. The van der Waals surface area contributed by atoms with E-state index in [9.17, 15) is 13.2 Å². The summed E-state index contributed by atoms with van der Waals surface area (Å²) in [5.74, 6) is 0. The molecule has 0 aliphatic heterocycles. The van der Waals surface area contributed by atoms with E-state index in [0.717, 1.165) is 29.8 Å². The van der Waals surface area contributed by atoms with Crippen LogP contribution in [0.5, 0.6) is 0 Å². The van der Waals surface area contributed by atoms with Crippen molar-refractivity contribution >= 4 is 11.6 Å². The fraction of sp³-hybridized carbons (Fsp3) is 0.250. The number of rotatable bonds is 4. The van der Waals surface area contributed by atoms with E-state index in [1.54, 1.807) is 18.2 Å². The summed E-state index contributed by atoms with van der Waals surface area (Å²) in [7, 11) is 0. The molecule has 0 saturated heterocycles. The molecule has 2 rings (SSSR count). The average Bonchev–Trinajstić information content (AvgIpc) is 2.46. The molecular weight excluding hydrogens is 299 g/mol. The predicted molar refractivity (Wildman–Crippen MR) is 79.3 cm³/mol. The maximum atomic E-state index is 12.8. The van der Waals surface area contributed by atoms with Crippen LogP contribution in [0.25, 0.3) is 11.1 Å². The summed E-state index contributed by atoms with van der Waals surface area (Å²) in [6.45, 7) is 3.36. The molecule has 0 aliphatic carbocycles. The predicted octanol–water partition coefficient (Wildman–Crippen LogP) is 5.14. The van der Waals surface area contributed by atoms with E-state index < -0.39 is 11.7 Å². The van der Waals surface area contributed by atoms with Crippen LogP contribution >= 0.6 is 11.6 Å². The van der Waals surface area contributed by atoms with Crippen molar-refractivity contribution in [3.63, 3.8) is 0 Å². The highest BCUT2D eigenvalue weighted by molar-refractivity contribution is 6.31. The van der Waals surface area contributed by atoms with Crippen LogP contribution in [0.2, 0.25) is 5.02 Å². The van der Waals surface area contributed by atoms with Crippen LogP contribution in [0, 0.1) is 0 Å². The first-order chi connectivity index (χ1) is 9.91. The Kier molecular flexibility index (Phi) is 4.91. The van der Waals surface area contributed by atoms with Crippen LogP contribution in [-0.4, -0.2) is 6.54 Å². The van der Waals surface area contributed by atoms with E-state index in [1.807, 2.05) is 13.0 Å². The van der Waals surface area contributed by atoms with E-state index in [1.165, 1.54) is 6.07 Å². The van der Waals surface area contributed by atoms with Crippen LogP contribution in [0.1, 0.15) is 18.1 Å². The molecule has 0 atom stereocenters. The van der Waals surface area contributed by atoms with Gasteiger partial charge >= 0.3 is 6.18 Å². The minimum Gasteiger partial charge on any atom is -0.313 e. The molecule has 0 saturated carbocycles. The molecule has 0 fully saturated rings. The Morgan fingerprint density at radius 3 is 2.43 bits per heavy atom. The fourth-order valence-electron chi connectivity index (χ4n) is 2.02. The van der Waals surface area contributed by atoms with Gasteiger partial charge in [-0.25, -0.2) is 0 Å². The topological polar surface area (TPSA) is 12.0 Å². The van der Waals surface area contributed by atoms with Crippen molar-refractivity contribution in [2.45, 2.75) is 19.6 Å². The van der Waals surface area contributed by atoms with Crippen molar-refractivity contribution in [3.05, 3.63) is 58.6 Å². The molecule has 0 unspecified atom stereocenters. The molecule has 0 spiro atoms. The number of alkyl halides is 3. The number of halogens is 4. The number of hydrogen-bond acceptors (Lipinski definition) is 1. The smallest absolute Gasteiger partial charge is 0.313 e. The van der Waals surface area contributed by atoms with Crippen molar-refractivity contribution in [2.75, 3.05) is 6.54 Å². The molecule has 21 heavy (non-hydrogen) atoms. The highest BCUT2D eigenvalue weighted by atomic mass is 35.5. The van der Waals surface area contributed by atoms with Crippen molar-refractivity contribution in [1.82, 2.24) is 5.32 Å². The van der Waals surface area contributed by atoms with Crippen LogP contribution in [0.15, 0.2) is 42.5 Å². The van der Waals surface area contributed by atoms with Crippen molar-refractivity contribution < 1.29 is 13.2 Å². The minimum atomic E-state index is -4.34. The molecule has 112 valence electrons. The summed E-state index contributed by atoms with van der Waals surface area (Å²) in [6, 6.07) is 10.6. The van der Waals surface area contributed by atoms with Gasteiger partial charge in [0.1, 0.15) is 0 Å². The van der Waals surface area contributed by atoms with Crippen LogP contribution in [-0.2, 0) is 12.7 Å². The molecule has 1 nitrogen and oxygen atoms in total. The SMILES string of the molecule is CCNCc1cc(-c2cccc(C(F)(F)F)c2)ccc1Cl. The fourth-order valence-corrected chi connectivity index (χ4v) is 2.21. The van der Waals surface area contributed by atoms with Crippen LogP contribution in [0.4, 0.5) is 13.2 Å². The zero-order chi connectivity index (χ0) is 15.5. The zero-order valence-electron chi connectivity index (χ0n) is 11.5. The summed E-state index contributed by atoms with van der Waals surface area (Å²) >= 11 is 6.10. The van der Waals surface area contributed by atoms with E-state index in [4.69, 9.17) is 11.6 Å². The third kappa shape index (κ3) is 3.99. The lowest BCUT2D eigenvalue weighted by Gasteiger charge is -2.11. The van der Waals surface area contributed by atoms with Gasteiger partial charge in [0, 0.05) is 11.6 Å². The second kappa shape index (κ2) is 6.50. The van der Waals surface area contributed by atoms with Gasteiger partial charge in [-0.15, -0.1) is 0 Å². The first-order valence-corrected chi connectivity index (χ1v) is 6.96. The molecule has 2 aromatic rings. The molecular formula is C16H15ClF3N. The molecule has 0 aliphatic rings. The van der Waals surface area contributed by atoms with Gasteiger partial charge in [0.2, 0.25) is 0 Å².